The zero-order valence-electron chi connectivity index (χ0n) is 15.9. The van der Waals surface area contributed by atoms with Gasteiger partial charge in [0.25, 0.3) is 17.6 Å². The smallest absolute Gasteiger partial charge is 0.258 e. The first-order chi connectivity index (χ1) is 14.8. The van der Waals surface area contributed by atoms with Crippen molar-refractivity contribution in [1.29, 1.82) is 0 Å². The first-order valence-corrected chi connectivity index (χ1v) is 9.53. The highest BCUT2D eigenvalue weighted by Crippen LogP contribution is 2.26. The largest absolute Gasteiger partial charge is 0.289 e. The molecule has 0 saturated carbocycles. The number of rotatable bonds is 4. The fraction of sp³-hybridized carbons (Fsp3) is 0. The molecule has 0 aliphatic carbocycles. The van der Waals surface area contributed by atoms with Crippen molar-refractivity contribution in [3.05, 3.63) is 103 Å². The summed E-state index contributed by atoms with van der Waals surface area (Å²) in [7, 11) is 0. The maximum absolute atomic E-state index is 12.5. The number of fused-ring (bicyclic) bond motifs is 1. The molecule has 144 valence electrons. The third-order valence-electron chi connectivity index (χ3n) is 4.71. The Kier molecular flexibility index (Phi) is 4.50. The summed E-state index contributed by atoms with van der Waals surface area (Å²) in [6.45, 7) is 0. The number of nitrogens with one attached hydrogen (secondary N) is 1. The van der Waals surface area contributed by atoms with Crippen molar-refractivity contribution in [2.45, 2.75) is 0 Å². The molecule has 0 saturated heterocycles. The van der Waals surface area contributed by atoms with Crippen LogP contribution in [0, 0.1) is 0 Å². The predicted molar refractivity (Wildman–Crippen MR) is 116 cm³/mol. The first-order valence-electron chi connectivity index (χ1n) is 9.53. The molecule has 1 N–H and O–H groups in total. The molecule has 30 heavy (non-hydrogen) atoms. The van der Waals surface area contributed by atoms with Crippen LogP contribution >= 0.6 is 0 Å². The number of aromatic nitrogens is 4. The lowest BCUT2D eigenvalue weighted by Crippen LogP contribution is -2.12. The van der Waals surface area contributed by atoms with E-state index in [-0.39, 0.29) is 11.9 Å². The molecule has 2 aromatic heterocycles. The molecular weight excluding hydrogens is 374 g/mol. The van der Waals surface area contributed by atoms with Gasteiger partial charge in [0.1, 0.15) is 0 Å². The Bertz CT molecular complexity index is 1320. The molecule has 0 aliphatic rings. The van der Waals surface area contributed by atoms with Gasteiger partial charge in [0.05, 0.1) is 11.4 Å². The van der Waals surface area contributed by atoms with Gasteiger partial charge in [-0.25, -0.2) is 4.98 Å². The van der Waals surface area contributed by atoms with Gasteiger partial charge in [-0.2, -0.15) is 9.50 Å². The molecule has 0 spiro atoms. The Labute approximate surface area is 172 Å². The summed E-state index contributed by atoms with van der Waals surface area (Å²) < 4.78 is 1.66. The van der Waals surface area contributed by atoms with E-state index in [1.807, 2.05) is 84.9 Å². The van der Waals surface area contributed by atoms with Gasteiger partial charge >= 0.3 is 0 Å². The summed E-state index contributed by atoms with van der Waals surface area (Å²) in [5, 5.41) is 7.26. The molecule has 0 fully saturated rings. The van der Waals surface area contributed by atoms with Crippen LogP contribution in [-0.2, 0) is 0 Å². The molecule has 5 rings (SSSR count). The standard InChI is InChI=1S/C24H17N5O/c30-22(19-14-8-3-9-15-19)26-23-27-24-25-20(17-10-4-1-5-11-17)16-21(29(24)28-23)18-12-6-2-7-13-18/h1-16H,(H,26,28,30). The van der Waals surface area contributed by atoms with E-state index in [1.165, 1.54) is 0 Å². The second-order valence-corrected chi connectivity index (χ2v) is 6.73. The van der Waals surface area contributed by atoms with Gasteiger partial charge in [-0.3, -0.25) is 10.1 Å². The average molecular weight is 391 g/mol. The highest BCUT2D eigenvalue weighted by Gasteiger charge is 2.15. The molecule has 0 radical (unpaired) electrons. The maximum atomic E-state index is 12.5. The maximum Gasteiger partial charge on any atom is 0.258 e. The Morgan fingerprint density at radius 3 is 2.00 bits per heavy atom. The van der Waals surface area contributed by atoms with Crippen molar-refractivity contribution >= 4 is 17.6 Å². The normalized spacial score (nSPS) is 10.8. The summed E-state index contributed by atoms with van der Waals surface area (Å²) in [5.41, 5.74) is 4.13. The fourth-order valence-corrected chi connectivity index (χ4v) is 3.26. The molecular formula is C24H17N5O. The van der Waals surface area contributed by atoms with Crippen molar-refractivity contribution in [3.63, 3.8) is 0 Å². The van der Waals surface area contributed by atoms with Crippen molar-refractivity contribution in [1.82, 2.24) is 19.6 Å². The van der Waals surface area contributed by atoms with Gasteiger partial charge < -0.3 is 0 Å². The summed E-state index contributed by atoms with van der Waals surface area (Å²) in [5.74, 6) is 0.355. The summed E-state index contributed by atoms with van der Waals surface area (Å²) >= 11 is 0. The SMILES string of the molecule is O=C(Nc1nc2nc(-c3ccccc3)cc(-c3ccccc3)n2n1)c1ccccc1. The van der Waals surface area contributed by atoms with Crippen molar-refractivity contribution in [2.24, 2.45) is 0 Å². The third-order valence-corrected chi connectivity index (χ3v) is 4.71. The van der Waals surface area contributed by atoms with E-state index in [4.69, 9.17) is 0 Å². The molecule has 0 aliphatic heterocycles. The monoisotopic (exact) mass is 391 g/mol. The molecule has 2 heterocycles. The average Bonchev–Trinajstić information content (AvgIpc) is 3.22. The van der Waals surface area contributed by atoms with Crippen molar-refractivity contribution in [3.8, 4) is 22.5 Å². The quantitative estimate of drug-likeness (QED) is 0.482. The van der Waals surface area contributed by atoms with Gasteiger partial charge in [0.2, 0.25) is 0 Å². The lowest BCUT2D eigenvalue weighted by Gasteiger charge is -2.07. The highest BCUT2D eigenvalue weighted by molar-refractivity contribution is 6.03. The van der Waals surface area contributed by atoms with E-state index >= 15 is 0 Å². The number of hydrogen-bond acceptors (Lipinski definition) is 4. The van der Waals surface area contributed by atoms with Crippen LogP contribution in [0.15, 0.2) is 97.1 Å². The van der Waals surface area contributed by atoms with E-state index in [9.17, 15) is 4.79 Å². The Hall–Kier alpha value is -4.32. The number of nitrogens with zero attached hydrogens (tertiary/aromatic N) is 4. The van der Waals surface area contributed by atoms with Gasteiger partial charge in [-0.1, -0.05) is 78.9 Å². The lowest BCUT2D eigenvalue weighted by molar-refractivity contribution is 0.102. The van der Waals surface area contributed by atoms with Crippen LogP contribution in [0.1, 0.15) is 10.4 Å². The van der Waals surface area contributed by atoms with Crippen LogP contribution in [0.4, 0.5) is 5.95 Å². The Morgan fingerprint density at radius 2 is 1.33 bits per heavy atom. The Morgan fingerprint density at radius 1 is 0.733 bits per heavy atom. The molecule has 1 amide bonds. The summed E-state index contributed by atoms with van der Waals surface area (Å²) in [6.07, 6.45) is 0. The van der Waals surface area contributed by atoms with E-state index in [2.05, 4.69) is 20.4 Å². The minimum atomic E-state index is -0.268. The zero-order valence-corrected chi connectivity index (χ0v) is 15.9. The van der Waals surface area contributed by atoms with Gasteiger partial charge in [0.15, 0.2) is 0 Å². The molecule has 5 aromatic rings. The molecule has 3 aromatic carbocycles. The fourth-order valence-electron chi connectivity index (χ4n) is 3.26. The van der Waals surface area contributed by atoms with E-state index < -0.39 is 0 Å². The third kappa shape index (κ3) is 3.42. The van der Waals surface area contributed by atoms with E-state index in [0.29, 0.717) is 11.3 Å². The minimum Gasteiger partial charge on any atom is -0.289 e. The van der Waals surface area contributed by atoms with Gasteiger partial charge in [-0.05, 0) is 18.2 Å². The van der Waals surface area contributed by atoms with Crippen LogP contribution in [0.3, 0.4) is 0 Å². The second-order valence-electron chi connectivity index (χ2n) is 6.73. The Balaban J connectivity index is 1.62. The zero-order chi connectivity index (χ0) is 20.3. The van der Waals surface area contributed by atoms with Crippen LogP contribution in [0.2, 0.25) is 0 Å². The van der Waals surface area contributed by atoms with Crippen LogP contribution < -0.4 is 5.32 Å². The molecule has 0 unspecified atom stereocenters. The number of anilines is 1. The topological polar surface area (TPSA) is 72.2 Å². The van der Waals surface area contributed by atoms with Crippen LogP contribution in [0.5, 0.6) is 0 Å². The van der Waals surface area contributed by atoms with Gasteiger partial charge in [0, 0.05) is 16.7 Å². The number of carbonyl (C=O) groups excluding carboxylic acids is 1. The van der Waals surface area contributed by atoms with Gasteiger partial charge in [-0.15, -0.1) is 5.10 Å². The summed E-state index contributed by atoms with van der Waals surface area (Å²) in [4.78, 5) is 21.6. The van der Waals surface area contributed by atoms with E-state index in [0.717, 1.165) is 22.5 Å². The number of benzene rings is 3. The van der Waals surface area contributed by atoms with Crippen molar-refractivity contribution < 1.29 is 4.79 Å². The van der Waals surface area contributed by atoms with Crippen LogP contribution in [0.25, 0.3) is 28.3 Å². The van der Waals surface area contributed by atoms with Crippen molar-refractivity contribution in [2.75, 3.05) is 5.32 Å². The first kappa shape index (κ1) is 17.8. The molecule has 6 heteroatoms. The predicted octanol–water partition coefficient (Wildman–Crippen LogP) is 4.71. The van der Waals surface area contributed by atoms with E-state index in [1.54, 1.807) is 16.6 Å². The number of amides is 1. The second kappa shape index (κ2) is 7.60. The summed E-state index contributed by atoms with van der Waals surface area (Å²) in [6, 6.07) is 30.8. The minimum absolute atomic E-state index is 0.207. The number of carbonyl (C=O) groups is 1. The molecule has 0 atom stereocenters. The van der Waals surface area contributed by atoms with Crippen LogP contribution in [-0.4, -0.2) is 25.5 Å². The molecule has 6 nitrogen and oxygen atoms in total. The highest BCUT2D eigenvalue weighted by atomic mass is 16.1. The molecule has 0 bridgehead atoms. The number of hydrogen-bond donors (Lipinski definition) is 1. The lowest BCUT2D eigenvalue weighted by atomic mass is 10.1.